The molecular formula is C19H37FO2. The smallest absolute Gasteiger partial charge is 0.305 e. The molecule has 0 bridgehead atoms. The number of hydrogen-bond donors (Lipinski definition) is 0. The fourth-order valence-electron chi connectivity index (χ4n) is 2.73. The fourth-order valence-corrected chi connectivity index (χ4v) is 2.73. The van der Waals surface area contributed by atoms with Crippen molar-refractivity contribution in [2.75, 3.05) is 7.11 Å². The van der Waals surface area contributed by atoms with E-state index < -0.39 is 6.17 Å². The van der Waals surface area contributed by atoms with E-state index in [0.29, 0.717) is 6.42 Å². The maximum absolute atomic E-state index is 13.6. The Hall–Kier alpha value is -0.600. The molecule has 1 unspecified atom stereocenters. The molecule has 0 saturated heterocycles. The highest BCUT2D eigenvalue weighted by Gasteiger charge is 2.05. The summed E-state index contributed by atoms with van der Waals surface area (Å²) in [7, 11) is 1.44. The van der Waals surface area contributed by atoms with Crippen LogP contribution in [-0.2, 0) is 9.53 Å². The summed E-state index contributed by atoms with van der Waals surface area (Å²) in [5, 5.41) is 0. The number of rotatable bonds is 16. The molecule has 1 atom stereocenters. The molecule has 0 fully saturated rings. The van der Waals surface area contributed by atoms with E-state index in [1.807, 2.05) is 0 Å². The molecule has 3 heteroatoms. The van der Waals surface area contributed by atoms with Gasteiger partial charge in [-0.25, -0.2) is 4.39 Å². The average Bonchev–Trinajstić information content (AvgIpc) is 2.53. The molecule has 2 nitrogen and oxygen atoms in total. The number of alkyl halides is 1. The van der Waals surface area contributed by atoms with Crippen LogP contribution in [0.2, 0.25) is 0 Å². The molecule has 132 valence electrons. The predicted molar refractivity (Wildman–Crippen MR) is 91.8 cm³/mol. The minimum Gasteiger partial charge on any atom is -0.469 e. The second-order valence-corrected chi connectivity index (χ2v) is 6.39. The zero-order chi connectivity index (χ0) is 16.5. The summed E-state index contributed by atoms with van der Waals surface area (Å²) in [5.74, 6) is -0.101. The monoisotopic (exact) mass is 316 g/mol. The lowest BCUT2D eigenvalue weighted by Crippen LogP contribution is -2.00. The van der Waals surface area contributed by atoms with Crippen LogP contribution in [0.1, 0.15) is 103 Å². The van der Waals surface area contributed by atoms with Gasteiger partial charge in [-0.15, -0.1) is 0 Å². The normalized spacial score (nSPS) is 12.3. The van der Waals surface area contributed by atoms with Crippen molar-refractivity contribution >= 4 is 5.97 Å². The van der Waals surface area contributed by atoms with Gasteiger partial charge in [-0.2, -0.15) is 0 Å². The van der Waals surface area contributed by atoms with Crippen molar-refractivity contribution in [2.45, 2.75) is 109 Å². The van der Waals surface area contributed by atoms with Crippen molar-refractivity contribution in [3.05, 3.63) is 0 Å². The van der Waals surface area contributed by atoms with Gasteiger partial charge in [0.25, 0.3) is 0 Å². The van der Waals surface area contributed by atoms with E-state index in [1.165, 1.54) is 52.1 Å². The summed E-state index contributed by atoms with van der Waals surface area (Å²) in [6.45, 7) is 2.19. The SMILES string of the molecule is CCCCCCC(F)CCCCCCCCCCC(=O)OC. The minimum atomic E-state index is -0.574. The van der Waals surface area contributed by atoms with Crippen LogP contribution >= 0.6 is 0 Å². The quantitative estimate of drug-likeness (QED) is 0.244. The number of halogens is 1. The van der Waals surface area contributed by atoms with E-state index in [1.54, 1.807) is 0 Å². The van der Waals surface area contributed by atoms with Crippen LogP contribution in [0.4, 0.5) is 4.39 Å². The fraction of sp³-hybridized carbons (Fsp3) is 0.947. The molecule has 0 saturated carbocycles. The highest BCUT2D eigenvalue weighted by molar-refractivity contribution is 5.68. The molecule has 0 aliphatic rings. The molecule has 22 heavy (non-hydrogen) atoms. The van der Waals surface area contributed by atoms with Gasteiger partial charge < -0.3 is 4.74 Å². The highest BCUT2D eigenvalue weighted by Crippen LogP contribution is 2.16. The van der Waals surface area contributed by atoms with E-state index in [0.717, 1.165) is 44.9 Å². The first kappa shape index (κ1) is 21.4. The molecule has 0 amide bonds. The zero-order valence-electron chi connectivity index (χ0n) is 14.9. The first-order valence-electron chi connectivity index (χ1n) is 9.41. The van der Waals surface area contributed by atoms with Crippen LogP contribution in [0.25, 0.3) is 0 Å². The second kappa shape index (κ2) is 16.8. The van der Waals surface area contributed by atoms with Gasteiger partial charge in [0.15, 0.2) is 0 Å². The van der Waals surface area contributed by atoms with Gasteiger partial charge in [0, 0.05) is 6.42 Å². The minimum absolute atomic E-state index is 0.101. The van der Waals surface area contributed by atoms with Crippen molar-refractivity contribution < 1.29 is 13.9 Å². The Kier molecular flexibility index (Phi) is 16.3. The number of ether oxygens (including phenoxy) is 1. The number of carbonyl (C=O) groups is 1. The molecule has 0 N–H and O–H groups in total. The van der Waals surface area contributed by atoms with E-state index in [4.69, 9.17) is 0 Å². The van der Waals surface area contributed by atoms with Crippen LogP contribution in [0, 0.1) is 0 Å². The summed E-state index contributed by atoms with van der Waals surface area (Å²) in [5.41, 5.74) is 0. The van der Waals surface area contributed by atoms with Crippen LogP contribution < -0.4 is 0 Å². The van der Waals surface area contributed by atoms with E-state index in [-0.39, 0.29) is 5.97 Å². The summed E-state index contributed by atoms with van der Waals surface area (Å²) in [4.78, 5) is 10.9. The standard InChI is InChI=1S/C19H37FO2/c1-3-4-5-12-15-18(20)16-13-10-8-6-7-9-11-14-17-19(21)22-2/h18H,3-17H2,1-2H3. The van der Waals surface area contributed by atoms with E-state index >= 15 is 0 Å². The van der Waals surface area contributed by atoms with Crippen LogP contribution in [-0.4, -0.2) is 19.3 Å². The number of methoxy groups -OCH3 is 1. The Morgan fingerprint density at radius 2 is 1.27 bits per heavy atom. The molecule has 0 spiro atoms. The highest BCUT2D eigenvalue weighted by atomic mass is 19.1. The average molecular weight is 317 g/mol. The Balaban J connectivity index is 3.14. The van der Waals surface area contributed by atoms with Gasteiger partial charge in [0.1, 0.15) is 6.17 Å². The van der Waals surface area contributed by atoms with Crippen LogP contribution in [0.3, 0.4) is 0 Å². The third-order valence-corrected chi connectivity index (χ3v) is 4.25. The third kappa shape index (κ3) is 15.8. The number of unbranched alkanes of at least 4 members (excludes halogenated alkanes) is 10. The van der Waals surface area contributed by atoms with Crippen molar-refractivity contribution in [1.29, 1.82) is 0 Å². The molecule has 0 aromatic rings. The lowest BCUT2D eigenvalue weighted by molar-refractivity contribution is -0.140. The molecule has 0 heterocycles. The maximum Gasteiger partial charge on any atom is 0.305 e. The lowest BCUT2D eigenvalue weighted by atomic mass is 10.0. The molecule has 0 aromatic carbocycles. The van der Waals surface area contributed by atoms with Crippen LogP contribution in [0.15, 0.2) is 0 Å². The molecule has 0 aliphatic carbocycles. The molecule has 0 radical (unpaired) electrons. The van der Waals surface area contributed by atoms with Gasteiger partial charge in [-0.1, -0.05) is 77.6 Å². The van der Waals surface area contributed by atoms with E-state index in [2.05, 4.69) is 11.7 Å². The predicted octanol–water partition coefficient (Wildman–Crippen LogP) is 6.37. The molecular weight excluding hydrogens is 279 g/mol. The summed E-state index contributed by atoms with van der Waals surface area (Å²) in [6, 6.07) is 0. The van der Waals surface area contributed by atoms with Crippen LogP contribution in [0.5, 0.6) is 0 Å². The Morgan fingerprint density at radius 3 is 1.77 bits per heavy atom. The number of carbonyl (C=O) groups excluding carboxylic acids is 1. The summed E-state index contributed by atoms with van der Waals surface area (Å²) in [6.07, 6.45) is 15.3. The van der Waals surface area contributed by atoms with Crippen molar-refractivity contribution in [3.63, 3.8) is 0 Å². The first-order chi connectivity index (χ1) is 10.7. The lowest BCUT2D eigenvalue weighted by Gasteiger charge is -2.07. The Labute approximate surface area is 137 Å². The largest absolute Gasteiger partial charge is 0.469 e. The van der Waals surface area contributed by atoms with Gasteiger partial charge in [0.05, 0.1) is 7.11 Å². The molecule has 0 aromatic heterocycles. The number of hydrogen-bond acceptors (Lipinski definition) is 2. The van der Waals surface area contributed by atoms with Gasteiger partial charge in [-0.3, -0.25) is 4.79 Å². The van der Waals surface area contributed by atoms with Crippen molar-refractivity contribution in [3.8, 4) is 0 Å². The first-order valence-corrected chi connectivity index (χ1v) is 9.41. The zero-order valence-corrected chi connectivity index (χ0v) is 14.9. The maximum atomic E-state index is 13.6. The van der Waals surface area contributed by atoms with E-state index in [9.17, 15) is 9.18 Å². The Bertz CT molecular complexity index is 244. The van der Waals surface area contributed by atoms with Gasteiger partial charge in [0.2, 0.25) is 0 Å². The second-order valence-electron chi connectivity index (χ2n) is 6.39. The van der Waals surface area contributed by atoms with Gasteiger partial charge in [-0.05, 0) is 19.3 Å². The van der Waals surface area contributed by atoms with Gasteiger partial charge >= 0.3 is 5.97 Å². The van der Waals surface area contributed by atoms with Crippen molar-refractivity contribution in [2.24, 2.45) is 0 Å². The summed E-state index contributed by atoms with van der Waals surface area (Å²) >= 11 is 0. The summed E-state index contributed by atoms with van der Waals surface area (Å²) < 4.78 is 18.2. The third-order valence-electron chi connectivity index (χ3n) is 4.25. The van der Waals surface area contributed by atoms with Crippen molar-refractivity contribution in [1.82, 2.24) is 0 Å². The Morgan fingerprint density at radius 1 is 0.818 bits per heavy atom. The molecule has 0 rings (SSSR count). The topological polar surface area (TPSA) is 26.3 Å². The molecule has 0 aliphatic heterocycles. The number of esters is 1.